The predicted octanol–water partition coefficient (Wildman–Crippen LogP) is 0.596. The molecular formula is C20H20N6O4. The van der Waals surface area contributed by atoms with Gasteiger partial charge < -0.3 is 20.9 Å². The summed E-state index contributed by atoms with van der Waals surface area (Å²) in [5.74, 6) is -0.343. The third-order valence-corrected chi connectivity index (χ3v) is 4.10. The number of aromatic nitrogens is 3. The zero-order valence-corrected chi connectivity index (χ0v) is 16.0. The van der Waals surface area contributed by atoms with Gasteiger partial charge in [0.15, 0.2) is 0 Å². The van der Waals surface area contributed by atoms with Gasteiger partial charge in [-0.15, -0.1) is 0 Å². The molecule has 1 aromatic carbocycles. The summed E-state index contributed by atoms with van der Waals surface area (Å²) >= 11 is 0. The monoisotopic (exact) mass is 408 g/mol. The molecule has 0 spiro atoms. The molecule has 0 radical (unpaired) electrons. The Bertz CT molecular complexity index is 1020. The standard InChI is InChI=1S/C20H20N6O4/c21-16(27)12-24-20(29)15-3-1-13(2-4-15)11-23-17(28)5-6-18-25-19(26-30-18)14-7-9-22-10-8-14/h1-4,7-10H,5-6,11-12H2,(H2,21,27)(H,23,28)(H,24,29). The molecule has 154 valence electrons. The van der Waals surface area contributed by atoms with Gasteiger partial charge in [0.25, 0.3) is 5.91 Å². The van der Waals surface area contributed by atoms with E-state index in [9.17, 15) is 14.4 Å². The smallest absolute Gasteiger partial charge is 0.251 e. The first-order valence-corrected chi connectivity index (χ1v) is 9.16. The molecule has 2 heterocycles. The highest BCUT2D eigenvalue weighted by molar-refractivity contribution is 5.96. The van der Waals surface area contributed by atoms with Crippen LogP contribution in [0, 0.1) is 0 Å². The predicted molar refractivity (Wildman–Crippen MR) is 106 cm³/mol. The molecule has 3 amide bonds. The SMILES string of the molecule is NC(=O)CNC(=O)c1ccc(CNC(=O)CCc2nc(-c3ccncc3)no2)cc1. The summed E-state index contributed by atoms with van der Waals surface area (Å²) in [6.07, 6.45) is 3.80. The maximum absolute atomic E-state index is 12.1. The van der Waals surface area contributed by atoms with Crippen molar-refractivity contribution in [2.24, 2.45) is 5.73 Å². The number of carbonyl (C=O) groups is 3. The topological polar surface area (TPSA) is 153 Å². The fourth-order valence-electron chi connectivity index (χ4n) is 2.53. The number of rotatable bonds is 9. The maximum atomic E-state index is 12.1. The van der Waals surface area contributed by atoms with Crippen molar-refractivity contribution in [2.45, 2.75) is 19.4 Å². The number of aryl methyl sites for hydroxylation is 1. The molecule has 0 aliphatic heterocycles. The fraction of sp³-hybridized carbons (Fsp3) is 0.200. The molecule has 2 aromatic heterocycles. The molecule has 0 bridgehead atoms. The molecule has 10 heteroatoms. The molecule has 3 aromatic rings. The van der Waals surface area contributed by atoms with Crippen LogP contribution >= 0.6 is 0 Å². The van der Waals surface area contributed by atoms with Gasteiger partial charge in [0.1, 0.15) is 0 Å². The van der Waals surface area contributed by atoms with Gasteiger partial charge in [0, 0.05) is 42.9 Å². The summed E-state index contributed by atoms with van der Waals surface area (Å²) < 4.78 is 5.17. The number of nitrogens with one attached hydrogen (secondary N) is 2. The highest BCUT2D eigenvalue weighted by Crippen LogP contribution is 2.14. The van der Waals surface area contributed by atoms with Gasteiger partial charge in [0.2, 0.25) is 23.5 Å². The summed E-state index contributed by atoms with van der Waals surface area (Å²) in [7, 11) is 0. The minimum absolute atomic E-state index is 0.165. The molecule has 30 heavy (non-hydrogen) atoms. The molecule has 0 atom stereocenters. The molecule has 0 unspecified atom stereocenters. The van der Waals surface area contributed by atoms with Crippen molar-refractivity contribution in [1.29, 1.82) is 0 Å². The van der Waals surface area contributed by atoms with Crippen LogP contribution in [-0.4, -0.2) is 39.4 Å². The minimum Gasteiger partial charge on any atom is -0.368 e. The van der Waals surface area contributed by atoms with Crippen LogP contribution in [0.5, 0.6) is 0 Å². The van der Waals surface area contributed by atoms with E-state index in [0.717, 1.165) is 11.1 Å². The minimum atomic E-state index is -0.614. The van der Waals surface area contributed by atoms with E-state index in [4.69, 9.17) is 10.3 Å². The number of hydrogen-bond acceptors (Lipinski definition) is 7. The number of pyridine rings is 1. The third-order valence-electron chi connectivity index (χ3n) is 4.10. The normalized spacial score (nSPS) is 10.4. The Hall–Kier alpha value is -4.08. The van der Waals surface area contributed by atoms with E-state index in [-0.39, 0.29) is 18.9 Å². The zero-order valence-electron chi connectivity index (χ0n) is 16.0. The van der Waals surface area contributed by atoms with Crippen molar-refractivity contribution in [3.63, 3.8) is 0 Å². The molecule has 10 nitrogen and oxygen atoms in total. The Balaban J connectivity index is 1.43. The molecule has 0 saturated heterocycles. The van der Waals surface area contributed by atoms with Crippen molar-refractivity contribution in [2.75, 3.05) is 6.54 Å². The lowest BCUT2D eigenvalue weighted by atomic mass is 10.1. The van der Waals surface area contributed by atoms with Gasteiger partial charge in [-0.1, -0.05) is 17.3 Å². The number of nitrogens with two attached hydrogens (primary N) is 1. The summed E-state index contributed by atoms with van der Waals surface area (Å²) in [5.41, 5.74) is 7.00. The second-order valence-corrected chi connectivity index (χ2v) is 6.37. The van der Waals surface area contributed by atoms with Gasteiger partial charge in [0.05, 0.1) is 6.54 Å². The summed E-state index contributed by atoms with van der Waals surface area (Å²) in [4.78, 5) is 42.8. The average molecular weight is 408 g/mol. The van der Waals surface area contributed by atoms with Crippen LogP contribution in [0.3, 0.4) is 0 Å². The quantitative estimate of drug-likeness (QED) is 0.468. The van der Waals surface area contributed by atoms with Crippen molar-refractivity contribution in [3.8, 4) is 11.4 Å². The molecule has 3 rings (SSSR count). The summed E-state index contributed by atoms with van der Waals surface area (Å²) in [6, 6.07) is 10.2. The second kappa shape index (κ2) is 9.92. The third kappa shape index (κ3) is 5.96. The number of benzene rings is 1. The number of primary amides is 1. The van der Waals surface area contributed by atoms with Crippen molar-refractivity contribution in [1.82, 2.24) is 25.8 Å². The number of amides is 3. The van der Waals surface area contributed by atoms with Crippen LogP contribution in [0.2, 0.25) is 0 Å². The van der Waals surface area contributed by atoms with Crippen molar-refractivity contribution in [3.05, 3.63) is 65.8 Å². The van der Waals surface area contributed by atoms with Crippen LogP contribution in [0.1, 0.15) is 28.2 Å². The van der Waals surface area contributed by atoms with E-state index in [1.54, 1.807) is 48.8 Å². The van der Waals surface area contributed by atoms with Crippen molar-refractivity contribution < 1.29 is 18.9 Å². The van der Waals surface area contributed by atoms with Gasteiger partial charge in [-0.3, -0.25) is 19.4 Å². The second-order valence-electron chi connectivity index (χ2n) is 6.37. The first-order chi connectivity index (χ1) is 14.5. The number of nitrogens with zero attached hydrogens (tertiary/aromatic N) is 3. The molecule has 0 fully saturated rings. The average Bonchev–Trinajstić information content (AvgIpc) is 3.24. The van der Waals surface area contributed by atoms with Gasteiger partial charge in [-0.25, -0.2) is 0 Å². The lowest BCUT2D eigenvalue weighted by Crippen LogP contribution is -2.33. The lowest BCUT2D eigenvalue weighted by Gasteiger charge is -2.06. The first kappa shape index (κ1) is 20.6. The van der Waals surface area contributed by atoms with Crippen LogP contribution in [0.4, 0.5) is 0 Å². The Morgan fingerprint density at radius 3 is 2.43 bits per heavy atom. The molecule has 0 aliphatic rings. The van der Waals surface area contributed by atoms with Crippen LogP contribution < -0.4 is 16.4 Å². The Morgan fingerprint density at radius 1 is 1.00 bits per heavy atom. The first-order valence-electron chi connectivity index (χ1n) is 9.16. The van der Waals surface area contributed by atoms with Gasteiger partial charge >= 0.3 is 0 Å². The van der Waals surface area contributed by atoms with E-state index < -0.39 is 11.8 Å². The van der Waals surface area contributed by atoms with E-state index in [0.29, 0.717) is 30.2 Å². The van der Waals surface area contributed by atoms with E-state index in [2.05, 4.69) is 25.8 Å². The fourth-order valence-corrected chi connectivity index (χ4v) is 2.53. The van der Waals surface area contributed by atoms with E-state index in [1.165, 1.54) is 0 Å². The summed E-state index contributed by atoms with van der Waals surface area (Å²) in [6.45, 7) is 0.0921. The highest BCUT2D eigenvalue weighted by atomic mass is 16.5. The zero-order chi connectivity index (χ0) is 21.3. The number of carbonyl (C=O) groups excluding carboxylic acids is 3. The Kier molecular flexibility index (Phi) is 6.83. The Labute approximate surface area is 171 Å². The summed E-state index contributed by atoms with van der Waals surface area (Å²) in [5, 5.41) is 9.10. The van der Waals surface area contributed by atoms with Crippen LogP contribution in [-0.2, 0) is 22.6 Å². The lowest BCUT2D eigenvalue weighted by molar-refractivity contribution is -0.121. The molecule has 0 saturated carbocycles. The molecular weight excluding hydrogens is 388 g/mol. The van der Waals surface area contributed by atoms with Gasteiger partial charge in [-0.2, -0.15) is 4.98 Å². The van der Waals surface area contributed by atoms with E-state index in [1.807, 2.05) is 0 Å². The largest absolute Gasteiger partial charge is 0.368 e. The van der Waals surface area contributed by atoms with Crippen LogP contribution in [0.15, 0.2) is 53.3 Å². The van der Waals surface area contributed by atoms with Gasteiger partial charge in [-0.05, 0) is 29.8 Å². The van der Waals surface area contributed by atoms with E-state index >= 15 is 0 Å². The molecule has 0 aliphatic carbocycles. The highest BCUT2D eigenvalue weighted by Gasteiger charge is 2.11. The maximum Gasteiger partial charge on any atom is 0.251 e. The molecule has 4 N–H and O–H groups in total. The number of hydrogen-bond donors (Lipinski definition) is 3. The van der Waals surface area contributed by atoms with Crippen molar-refractivity contribution >= 4 is 17.7 Å². The van der Waals surface area contributed by atoms with Crippen LogP contribution in [0.25, 0.3) is 11.4 Å². The Morgan fingerprint density at radius 2 is 1.73 bits per heavy atom.